The smallest absolute Gasteiger partial charge is 0.308 e. The fourth-order valence-corrected chi connectivity index (χ4v) is 5.71. The quantitative estimate of drug-likeness (QED) is 0.281. The van der Waals surface area contributed by atoms with Crippen LogP contribution in [-0.2, 0) is 15.0 Å². The molecule has 0 spiro atoms. The van der Waals surface area contributed by atoms with Crippen LogP contribution in [-0.4, -0.2) is 42.5 Å². The van der Waals surface area contributed by atoms with Gasteiger partial charge in [-0.05, 0) is 74.9 Å². The van der Waals surface area contributed by atoms with Crippen molar-refractivity contribution in [1.29, 1.82) is 0 Å². The number of fused-ring (bicyclic) bond motifs is 1. The van der Waals surface area contributed by atoms with E-state index in [4.69, 9.17) is 9.15 Å². The van der Waals surface area contributed by atoms with Crippen molar-refractivity contribution in [3.8, 4) is 5.75 Å². The Hall–Kier alpha value is -3.12. The SMILES string of the molecule is C=CCN1CC[C@@]2(c3cccc(OC(C)=O)c3)C[C@H](NC(=O)/C=C/c3ccoc3C)CC[C@@H]2C1. The molecule has 1 aliphatic heterocycles. The highest BCUT2D eigenvalue weighted by atomic mass is 16.5. The number of carbonyl (C=O) groups is 2. The lowest BCUT2D eigenvalue weighted by Gasteiger charge is -2.53. The van der Waals surface area contributed by atoms with Crippen molar-refractivity contribution in [1.82, 2.24) is 10.2 Å². The summed E-state index contributed by atoms with van der Waals surface area (Å²) in [7, 11) is 0. The second-order valence-corrected chi connectivity index (χ2v) is 9.53. The van der Waals surface area contributed by atoms with Gasteiger partial charge in [0.05, 0.1) is 6.26 Å². The fraction of sp³-hybridized carbons (Fsp3) is 0.429. The standard InChI is InChI=1S/C28H34N2O4/c1-4-14-30-15-13-28(23-6-5-7-26(17-23)34-21(3)31)18-25(10-9-24(28)19-30)29-27(32)11-8-22-12-16-33-20(22)2/h4-8,11-12,16-17,24-25H,1,9-10,13-15,18-19H2,2-3H3,(H,29,32)/b11-8+/t24-,25-,28+/m1/s1. The first-order valence-electron chi connectivity index (χ1n) is 12.0. The average molecular weight is 463 g/mol. The molecule has 2 fully saturated rings. The van der Waals surface area contributed by atoms with Gasteiger partial charge in [0.15, 0.2) is 0 Å². The molecular weight excluding hydrogens is 428 g/mol. The van der Waals surface area contributed by atoms with Gasteiger partial charge in [0.25, 0.3) is 0 Å². The zero-order valence-corrected chi connectivity index (χ0v) is 20.1. The van der Waals surface area contributed by atoms with Crippen LogP contribution in [0.25, 0.3) is 6.08 Å². The zero-order chi connectivity index (χ0) is 24.1. The molecule has 1 aromatic carbocycles. The monoisotopic (exact) mass is 462 g/mol. The highest BCUT2D eigenvalue weighted by Crippen LogP contribution is 2.49. The summed E-state index contributed by atoms with van der Waals surface area (Å²) >= 11 is 0. The van der Waals surface area contributed by atoms with Crippen LogP contribution < -0.4 is 10.1 Å². The Morgan fingerprint density at radius 2 is 2.18 bits per heavy atom. The third-order valence-electron chi connectivity index (χ3n) is 7.33. The minimum absolute atomic E-state index is 0.0745. The normalized spacial score (nSPS) is 25.0. The van der Waals surface area contributed by atoms with Crippen molar-refractivity contribution in [3.63, 3.8) is 0 Å². The summed E-state index contributed by atoms with van der Waals surface area (Å²) in [6.45, 7) is 10.1. The topological polar surface area (TPSA) is 71.8 Å². The van der Waals surface area contributed by atoms with E-state index in [0.717, 1.165) is 56.6 Å². The predicted octanol–water partition coefficient (Wildman–Crippen LogP) is 4.64. The maximum Gasteiger partial charge on any atom is 0.308 e. The van der Waals surface area contributed by atoms with Crippen LogP contribution in [0, 0.1) is 12.8 Å². The van der Waals surface area contributed by atoms with Crippen molar-refractivity contribution >= 4 is 18.0 Å². The first kappa shape index (κ1) is 24.0. The number of nitrogens with zero attached hydrogens (tertiary/aromatic N) is 1. The van der Waals surface area contributed by atoms with Crippen LogP contribution in [0.3, 0.4) is 0 Å². The third-order valence-corrected chi connectivity index (χ3v) is 7.33. The molecule has 1 saturated carbocycles. The molecule has 3 atom stereocenters. The molecule has 2 heterocycles. The van der Waals surface area contributed by atoms with Gasteiger partial charge in [0, 0.05) is 43.1 Å². The highest BCUT2D eigenvalue weighted by Gasteiger charge is 2.48. The summed E-state index contributed by atoms with van der Waals surface area (Å²) in [5.41, 5.74) is 2.03. The van der Waals surface area contributed by atoms with Crippen molar-refractivity contribution in [3.05, 3.63) is 72.2 Å². The molecule has 1 aliphatic carbocycles. The molecule has 1 N–H and O–H groups in total. The van der Waals surface area contributed by atoms with Crippen LogP contribution in [0.4, 0.5) is 0 Å². The van der Waals surface area contributed by atoms with Gasteiger partial charge in [-0.2, -0.15) is 0 Å². The molecule has 0 unspecified atom stereocenters. The van der Waals surface area contributed by atoms with Crippen molar-refractivity contribution in [2.75, 3.05) is 19.6 Å². The van der Waals surface area contributed by atoms with E-state index >= 15 is 0 Å². The Bertz CT molecular complexity index is 1070. The van der Waals surface area contributed by atoms with Gasteiger partial charge < -0.3 is 14.5 Å². The Kier molecular flexibility index (Phi) is 7.37. The van der Waals surface area contributed by atoms with E-state index in [1.165, 1.54) is 12.5 Å². The van der Waals surface area contributed by atoms with Gasteiger partial charge >= 0.3 is 5.97 Å². The van der Waals surface area contributed by atoms with E-state index < -0.39 is 0 Å². The summed E-state index contributed by atoms with van der Waals surface area (Å²) in [6, 6.07) is 9.90. The number of hydrogen-bond donors (Lipinski definition) is 1. The van der Waals surface area contributed by atoms with Gasteiger partial charge in [-0.1, -0.05) is 18.2 Å². The van der Waals surface area contributed by atoms with Crippen molar-refractivity contribution in [2.45, 2.75) is 51.0 Å². The molecule has 1 saturated heterocycles. The molecule has 0 bridgehead atoms. The lowest BCUT2D eigenvalue weighted by Crippen LogP contribution is -2.56. The molecule has 1 aromatic heterocycles. The number of benzene rings is 1. The number of piperidine rings is 1. The molecule has 1 amide bonds. The van der Waals surface area contributed by atoms with E-state index in [2.05, 4.69) is 22.9 Å². The van der Waals surface area contributed by atoms with Crippen molar-refractivity contribution < 1.29 is 18.7 Å². The first-order valence-corrected chi connectivity index (χ1v) is 12.0. The maximum absolute atomic E-state index is 12.7. The van der Waals surface area contributed by atoms with Gasteiger partial charge in [0.2, 0.25) is 5.91 Å². The Morgan fingerprint density at radius 1 is 1.32 bits per heavy atom. The summed E-state index contributed by atoms with van der Waals surface area (Å²) in [6.07, 6.45) is 10.8. The Balaban J connectivity index is 1.55. The largest absolute Gasteiger partial charge is 0.469 e. The number of rotatable bonds is 7. The van der Waals surface area contributed by atoms with Crippen LogP contribution in [0.15, 0.2) is 59.7 Å². The number of carbonyl (C=O) groups excluding carboxylic acids is 2. The molecule has 4 rings (SSSR count). The number of likely N-dealkylation sites (tertiary alicyclic amines) is 1. The lowest BCUT2D eigenvalue weighted by molar-refractivity contribution is -0.131. The molecule has 2 aliphatic rings. The number of furan rings is 1. The molecule has 2 aromatic rings. The minimum Gasteiger partial charge on any atom is -0.469 e. The predicted molar refractivity (Wildman–Crippen MR) is 132 cm³/mol. The van der Waals surface area contributed by atoms with E-state index in [0.29, 0.717) is 11.7 Å². The fourth-order valence-electron chi connectivity index (χ4n) is 5.71. The Morgan fingerprint density at radius 3 is 2.91 bits per heavy atom. The third kappa shape index (κ3) is 5.33. The van der Waals surface area contributed by atoms with Crippen LogP contribution >= 0.6 is 0 Å². The highest BCUT2D eigenvalue weighted by molar-refractivity contribution is 5.92. The summed E-state index contributed by atoms with van der Waals surface area (Å²) in [5, 5.41) is 3.24. The molecular formula is C28H34N2O4. The number of ether oxygens (including phenoxy) is 1. The van der Waals surface area contributed by atoms with E-state index in [-0.39, 0.29) is 23.3 Å². The number of hydrogen-bond acceptors (Lipinski definition) is 5. The molecule has 6 nitrogen and oxygen atoms in total. The van der Waals surface area contributed by atoms with Gasteiger partial charge in [0.1, 0.15) is 11.5 Å². The summed E-state index contributed by atoms with van der Waals surface area (Å²) in [4.78, 5) is 26.7. The van der Waals surface area contributed by atoms with E-state index in [1.54, 1.807) is 18.4 Å². The first-order chi connectivity index (χ1) is 16.4. The molecule has 34 heavy (non-hydrogen) atoms. The van der Waals surface area contributed by atoms with Crippen LogP contribution in [0.5, 0.6) is 5.75 Å². The molecule has 6 heteroatoms. The number of esters is 1. The van der Waals surface area contributed by atoms with E-state index in [1.807, 2.05) is 37.3 Å². The van der Waals surface area contributed by atoms with Gasteiger partial charge in [-0.25, -0.2) is 0 Å². The Labute approximate surface area is 201 Å². The maximum atomic E-state index is 12.7. The van der Waals surface area contributed by atoms with Crippen LogP contribution in [0.1, 0.15) is 49.5 Å². The second kappa shape index (κ2) is 10.4. The summed E-state index contributed by atoms with van der Waals surface area (Å²) < 4.78 is 10.7. The zero-order valence-electron chi connectivity index (χ0n) is 20.1. The number of aryl methyl sites for hydroxylation is 1. The lowest BCUT2D eigenvalue weighted by atomic mass is 9.58. The van der Waals surface area contributed by atoms with Crippen LogP contribution in [0.2, 0.25) is 0 Å². The molecule has 180 valence electrons. The summed E-state index contributed by atoms with van der Waals surface area (Å²) in [5.74, 6) is 1.43. The van der Waals surface area contributed by atoms with E-state index in [9.17, 15) is 9.59 Å². The molecule has 0 radical (unpaired) electrons. The van der Waals surface area contributed by atoms with Crippen molar-refractivity contribution in [2.24, 2.45) is 5.92 Å². The average Bonchev–Trinajstić information content (AvgIpc) is 3.22. The van der Waals surface area contributed by atoms with Gasteiger partial charge in [-0.3, -0.25) is 14.5 Å². The number of amides is 1. The minimum atomic E-state index is -0.319. The second-order valence-electron chi connectivity index (χ2n) is 9.53. The number of nitrogens with one attached hydrogen (secondary N) is 1. The van der Waals surface area contributed by atoms with Gasteiger partial charge in [-0.15, -0.1) is 6.58 Å².